The second-order valence-corrected chi connectivity index (χ2v) is 7.66. The van der Waals surface area contributed by atoms with Crippen LogP contribution >= 0.6 is 0 Å². The molecular weight excluding hydrogens is 353 g/mol. The third-order valence-corrected chi connectivity index (χ3v) is 5.68. The van der Waals surface area contributed by atoms with Gasteiger partial charge in [-0.2, -0.15) is 0 Å². The van der Waals surface area contributed by atoms with Crippen LogP contribution in [0.25, 0.3) is 10.9 Å². The van der Waals surface area contributed by atoms with E-state index < -0.39 is 0 Å². The standard InChI is InChI=1S/C23H28FN3O/c1-25-14-16-27(17-15-25)13-5-7-21-20-6-3-4-8-22(20)26(2)23(21)28-19-11-9-18(24)10-12-19/h3-4,6,8-12H,5,7,13-17H2,1-2H3. The van der Waals surface area contributed by atoms with E-state index in [0.717, 1.165) is 57.0 Å². The van der Waals surface area contributed by atoms with Gasteiger partial charge in [-0.3, -0.25) is 0 Å². The number of piperazine rings is 1. The summed E-state index contributed by atoms with van der Waals surface area (Å²) in [6, 6.07) is 14.7. The normalized spacial score (nSPS) is 16.0. The Bertz CT molecular complexity index is 927. The lowest BCUT2D eigenvalue weighted by atomic mass is 10.1. The molecule has 0 radical (unpaired) electrons. The molecule has 0 spiro atoms. The van der Waals surface area contributed by atoms with E-state index in [-0.39, 0.29) is 5.82 Å². The van der Waals surface area contributed by atoms with Gasteiger partial charge in [-0.05, 0) is 56.8 Å². The average Bonchev–Trinajstić information content (AvgIpc) is 2.97. The van der Waals surface area contributed by atoms with Crippen LogP contribution in [0.2, 0.25) is 0 Å². The molecule has 1 aliphatic rings. The highest BCUT2D eigenvalue weighted by atomic mass is 19.1. The number of aromatic nitrogens is 1. The van der Waals surface area contributed by atoms with E-state index in [9.17, 15) is 4.39 Å². The van der Waals surface area contributed by atoms with E-state index in [2.05, 4.69) is 45.7 Å². The number of likely N-dealkylation sites (N-methyl/N-ethyl adjacent to an activating group) is 1. The molecule has 0 N–H and O–H groups in total. The summed E-state index contributed by atoms with van der Waals surface area (Å²) in [5.74, 6) is 1.26. The molecule has 1 aromatic heterocycles. The van der Waals surface area contributed by atoms with Crippen molar-refractivity contribution < 1.29 is 9.13 Å². The van der Waals surface area contributed by atoms with Crippen molar-refractivity contribution in [3.8, 4) is 11.6 Å². The Labute approximate surface area is 166 Å². The van der Waals surface area contributed by atoms with Gasteiger partial charge in [0.15, 0.2) is 0 Å². The van der Waals surface area contributed by atoms with E-state index in [1.54, 1.807) is 12.1 Å². The van der Waals surface area contributed by atoms with Gasteiger partial charge in [0, 0.05) is 44.2 Å². The molecule has 0 unspecified atom stereocenters. The average molecular weight is 381 g/mol. The van der Waals surface area contributed by atoms with Crippen LogP contribution in [-0.2, 0) is 13.5 Å². The Morgan fingerprint density at radius 3 is 2.39 bits per heavy atom. The summed E-state index contributed by atoms with van der Waals surface area (Å²) in [4.78, 5) is 4.93. The smallest absolute Gasteiger partial charge is 0.204 e. The molecule has 3 aromatic rings. The zero-order chi connectivity index (χ0) is 19.5. The first-order chi connectivity index (χ1) is 13.6. The number of hydrogen-bond donors (Lipinski definition) is 0. The Hall–Kier alpha value is -2.37. The fourth-order valence-corrected chi connectivity index (χ4v) is 3.99. The third kappa shape index (κ3) is 4.05. The second kappa shape index (κ2) is 8.33. The topological polar surface area (TPSA) is 20.6 Å². The van der Waals surface area contributed by atoms with Crippen LogP contribution in [-0.4, -0.2) is 54.1 Å². The highest BCUT2D eigenvalue weighted by molar-refractivity contribution is 5.87. The number of nitrogens with zero attached hydrogens (tertiary/aromatic N) is 3. The van der Waals surface area contributed by atoms with Gasteiger partial charge in [-0.15, -0.1) is 0 Å². The second-order valence-electron chi connectivity index (χ2n) is 7.66. The maximum absolute atomic E-state index is 13.3. The molecule has 2 aromatic carbocycles. The zero-order valence-corrected chi connectivity index (χ0v) is 16.7. The van der Waals surface area contributed by atoms with Crippen molar-refractivity contribution in [3.63, 3.8) is 0 Å². The summed E-state index contributed by atoms with van der Waals surface area (Å²) in [7, 11) is 4.22. The third-order valence-electron chi connectivity index (χ3n) is 5.68. The van der Waals surface area contributed by atoms with Crippen molar-refractivity contribution in [1.29, 1.82) is 0 Å². The number of hydrogen-bond acceptors (Lipinski definition) is 3. The highest BCUT2D eigenvalue weighted by Crippen LogP contribution is 2.35. The first kappa shape index (κ1) is 19.0. The van der Waals surface area contributed by atoms with Crippen LogP contribution in [0.3, 0.4) is 0 Å². The van der Waals surface area contributed by atoms with Crippen molar-refractivity contribution in [2.24, 2.45) is 7.05 Å². The Kier molecular flexibility index (Phi) is 5.64. The zero-order valence-electron chi connectivity index (χ0n) is 16.7. The molecule has 1 saturated heterocycles. The molecule has 0 bridgehead atoms. The maximum Gasteiger partial charge on any atom is 0.204 e. The lowest BCUT2D eigenvalue weighted by Crippen LogP contribution is -2.44. The number of para-hydroxylation sites is 1. The predicted octanol–water partition coefficient (Wildman–Crippen LogP) is 4.29. The van der Waals surface area contributed by atoms with E-state index in [4.69, 9.17) is 4.74 Å². The quantitative estimate of drug-likeness (QED) is 0.635. The lowest BCUT2D eigenvalue weighted by Gasteiger charge is -2.32. The number of rotatable bonds is 6. The van der Waals surface area contributed by atoms with Gasteiger partial charge in [-0.1, -0.05) is 18.2 Å². The van der Waals surface area contributed by atoms with E-state index in [1.807, 2.05) is 7.05 Å². The summed E-state index contributed by atoms with van der Waals surface area (Å²) in [5.41, 5.74) is 2.39. The van der Waals surface area contributed by atoms with Crippen LogP contribution in [0.15, 0.2) is 48.5 Å². The minimum atomic E-state index is -0.253. The minimum Gasteiger partial charge on any atom is -0.441 e. The minimum absolute atomic E-state index is 0.253. The molecule has 0 atom stereocenters. The molecule has 0 aliphatic carbocycles. The SMILES string of the molecule is CN1CCN(CCCc2c(Oc3ccc(F)cc3)n(C)c3ccccc23)CC1. The molecule has 0 amide bonds. The van der Waals surface area contributed by atoms with Crippen LogP contribution < -0.4 is 4.74 Å². The van der Waals surface area contributed by atoms with Gasteiger partial charge in [0.25, 0.3) is 0 Å². The summed E-state index contributed by atoms with van der Waals surface area (Å²) in [6.45, 7) is 5.68. The molecule has 4 nitrogen and oxygen atoms in total. The summed E-state index contributed by atoms with van der Waals surface area (Å²) in [6.07, 6.45) is 2.06. The largest absolute Gasteiger partial charge is 0.441 e. The van der Waals surface area contributed by atoms with Crippen molar-refractivity contribution in [1.82, 2.24) is 14.4 Å². The van der Waals surface area contributed by atoms with Crippen molar-refractivity contribution in [2.45, 2.75) is 12.8 Å². The predicted molar refractivity (Wildman–Crippen MR) is 112 cm³/mol. The van der Waals surface area contributed by atoms with Crippen LogP contribution in [0.5, 0.6) is 11.6 Å². The van der Waals surface area contributed by atoms with Gasteiger partial charge < -0.3 is 19.1 Å². The number of benzene rings is 2. The van der Waals surface area contributed by atoms with Gasteiger partial charge in [0.1, 0.15) is 11.6 Å². The van der Waals surface area contributed by atoms with Crippen LogP contribution in [0.4, 0.5) is 4.39 Å². The Morgan fingerprint density at radius 2 is 1.64 bits per heavy atom. The van der Waals surface area contributed by atoms with Crippen molar-refractivity contribution in [2.75, 3.05) is 39.8 Å². The molecule has 4 rings (SSSR count). The summed E-state index contributed by atoms with van der Waals surface area (Å²) in [5, 5.41) is 1.24. The summed E-state index contributed by atoms with van der Waals surface area (Å²) >= 11 is 0. The fourth-order valence-electron chi connectivity index (χ4n) is 3.99. The fraction of sp³-hybridized carbons (Fsp3) is 0.391. The van der Waals surface area contributed by atoms with Crippen LogP contribution in [0, 0.1) is 5.82 Å². The molecule has 1 fully saturated rings. The lowest BCUT2D eigenvalue weighted by molar-refractivity contribution is 0.153. The monoisotopic (exact) mass is 381 g/mol. The summed E-state index contributed by atoms with van der Waals surface area (Å²) < 4.78 is 21.6. The first-order valence-electron chi connectivity index (χ1n) is 10.0. The van der Waals surface area contributed by atoms with Gasteiger partial charge in [-0.25, -0.2) is 4.39 Å². The highest BCUT2D eigenvalue weighted by Gasteiger charge is 2.18. The molecule has 2 heterocycles. The molecule has 1 aliphatic heterocycles. The van der Waals surface area contributed by atoms with E-state index >= 15 is 0 Å². The maximum atomic E-state index is 13.3. The van der Waals surface area contributed by atoms with Gasteiger partial charge in [0.05, 0.1) is 5.52 Å². The van der Waals surface area contributed by atoms with E-state index in [1.165, 1.54) is 23.1 Å². The molecule has 0 saturated carbocycles. The number of aryl methyl sites for hydroxylation is 2. The number of ether oxygens (including phenoxy) is 1. The van der Waals surface area contributed by atoms with Gasteiger partial charge in [0.2, 0.25) is 5.88 Å². The molecule has 28 heavy (non-hydrogen) atoms. The number of fused-ring (bicyclic) bond motifs is 1. The van der Waals surface area contributed by atoms with Crippen molar-refractivity contribution in [3.05, 3.63) is 59.9 Å². The van der Waals surface area contributed by atoms with Crippen LogP contribution in [0.1, 0.15) is 12.0 Å². The first-order valence-corrected chi connectivity index (χ1v) is 10.0. The Morgan fingerprint density at radius 1 is 0.929 bits per heavy atom. The number of halogens is 1. The Balaban J connectivity index is 1.54. The van der Waals surface area contributed by atoms with Gasteiger partial charge >= 0.3 is 0 Å². The molecule has 5 heteroatoms. The molecular formula is C23H28FN3O. The molecule has 148 valence electrons. The van der Waals surface area contributed by atoms with E-state index in [0.29, 0.717) is 5.75 Å². The van der Waals surface area contributed by atoms with Crippen molar-refractivity contribution >= 4 is 10.9 Å².